The molecule has 1 aliphatic rings. The molecule has 380 valence electrons. The van der Waals surface area contributed by atoms with Crippen molar-refractivity contribution in [1.82, 2.24) is 20.8 Å². The van der Waals surface area contributed by atoms with Crippen molar-refractivity contribution in [3.63, 3.8) is 0 Å². The van der Waals surface area contributed by atoms with Crippen LogP contribution in [0.3, 0.4) is 0 Å². The minimum absolute atomic E-state index is 0.0630. The van der Waals surface area contributed by atoms with Crippen LogP contribution in [0.4, 0.5) is 5.69 Å². The molecule has 0 aliphatic carbocycles. The minimum atomic E-state index is -0.824. The van der Waals surface area contributed by atoms with E-state index in [4.69, 9.17) is 75.1 Å². The molecule has 1 aromatic rings. The van der Waals surface area contributed by atoms with Crippen LogP contribution >= 0.6 is 12.2 Å². The maximum absolute atomic E-state index is 11.9. The van der Waals surface area contributed by atoms with Gasteiger partial charge >= 0.3 is 0 Å². The largest absolute Gasteiger partial charge is 0.508 e. The lowest BCUT2D eigenvalue weighted by atomic mass is 10.0. The Morgan fingerprint density at radius 1 is 0.712 bits per heavy atom. The molecule has 0 spiro atoms. The third-order valence-electron chi connectivity index (χ3n) is 8.73. The number of ether oxygens (including phenoxy) is 10. The molecule has 0 bridgehead atoms. The van der Waals surface area contributed by atoms with Gasteiger partial charge in [0, 0.05) is 51.3 Å². The van der Waals surface area contributed by atoms with Gasteiger partial charge < -0.3 is 83.5 Å². The van der Waals surface area contributed by atoms with E-state index in [1.807, 2.05) is 0 Å². The maximum Gasteiger partial charge on any atom is 0.246 e. The summed E-state index contributed by atoms with van der Waals surface area (Å²) >= 11 is 5.22. The summed E-state index contributed by atoms with van der Waals surface area (Å²) < 4.78 is 54.4. The Bertz CT molecular complexity index is 1390. The van der Waals surface area contributed by atoms with Gasteiger partial charge in [-0.1, -0.05) is 24.0 Å². The number of aliphatic hydroxyl groups excluding tert-OH is 2. The van der Waals surface area contributed by atoms with Gasteiger partial charge in [0.15, 0.2) is 5.11 Å². The summed E-state index contributed by atoms with van der Waals surface area (Å²) in [6.45, 7) is 13.3. The third kappa shape index (κ3) is 37.6. The Kier molecular flexibility index (Phi) is 39.3. The average Bonchev–Trinajstić information content (AvgIpc) is 3.30. The van der Waals surface area contributed by atoms with Gasteiger partial charge in [-0.05, 0) is 42.9 Å². The summed E-state index contributed by atoms with van der Waals surface area (Å²) in [4.78, 5) is 25.1. The number of hydroxylamine groups is 2. The van der Waals surface area contributed by atoms with E-state index >= 15 is 0 Å². The predicted molar refractivity (Wildman–Crippen MR) is 246 cm³/mol. The number of anilines is 1. The monoisotopic (exact) mass is 965 g/mol. The van der Waals surface area contributed by atoms with Gasteiger partial charge in [-0.2, -0.15) is 0 Å². The van der Waals surface area contributed by atoms with E-state index in [-0.39, 0.29) is 48.5 Å². The van der Waals surface area contributed by atoms with E-state index in [9.17, 15) is 19.8 Å². The normalized spacial score (nSPS) is 15.9. The van der Waals surface area contributed by atoms with Crippen molar-refractivity contribution in [1.29, 1.82) is 0 Å². The van der Waals surface area contributed by atoms with E-state index in [0.717, 1.165) is 5.69 Å². The number of allylic oxidation sites excluding steroid dienone is 2. The number of benzene rings is 1. The fraction of sp³-hybridized carbons (Fsp3) is 0.698. The molecule has 23 heteroatoms. The van der Waals surface area contributed by atoms with E-state index in [1.54, 1.807) is 37.4 Å². The van der Waals surface area contributed by atoms with E-state index in [2.05, 4.69) is 22.5 Å². The number of amides is 2. The lowest BCUT2D eigenvalue weighted by molar-refractivity contribution is -0.309. The van der Waals surface area contributed by atoms with Crippen LogP contribution in [0.1, 0.15) is 19.3 Å². The Morgan fingerprint density at radius 3 is 1.58 bits per heavy atom. The van der Waals surface area contributed by atoms with Gasteiger partial charge in [0.1, 0.15) is 11.9 Å². The number of hydrogen-bond donors (Lipinski definition) is 8. The molecular weight excluding hydrogens is 891 g/mol. The molecule has 1 saturated heterocycles. The summed E-state index contributed by atoms with van der Waals surface area (Å²) in [7, 11) is 1.64. The number of phenolic OH excluding ortho intramolecular Hbond substituents is 1. The van der Waals surface area contributed by atoms with Crippen molar-refractivity contribution in [3.8, 4) is 5.75 Å². The first-order valence-corrected chi connectivity index (χ1v) is 22.4. The molecule has 2 amide bonds. The van der Waals surface area contributed by atoms with Crippen molar-refractivity contribution < 1.29 is 82.7 Å². The number of nitrogens with one attached hydrogen (secondary N) is 3. The number of aromatic hydroxyl groups is 1. The number of thiocarbonyl (C=S) groups is 1. The predicted octanol–water partition coefficient (Wildman–Crippen LogP) is 0.503. The Labute approximate surface area is 393 Å². The smallest absolute Gasteiger partial charge is 0.246 e. The van der Waals surface area contributed by atoms with Gasteiger partial charge in [0.25, 0.3) is 0 Å². The van der Waals surface area contributed by atoms with Crippen molar-refractivity contribution >= 4 is 34.8 Å². The molecule has 1 aromatic carbocycles. The summed E-state index contributed by atoms with van der Waals surface area (Å²) in [6.07, 6.45) is 3.63. The molecule has 0 saturated carbocycles. The fourth-order valence-electron chi connectivity index (χ4n) is 5.13. The fourth-order valence-corrected chi connectivity index (χ4v) is 5.35. The van der Waals surface area contributed by atoms with Gasteiger partial charge in [-0.15, -0.1) is 0 Å². The lowest BCUT2D eigenvalue weighted by Crippen LogP contribution is -2.42. The van der Waals surface area contributed by atoms with Crippen LogP contribution in [0, 0.1) is 0 Å². The first-order chi connectivity index (χ1) is 32.0. The summed E-state index contributed by atoms with van der Waals surface area (Å²) in [6, 6.07) is 6.65. The standard InChI is InChI=1S/C36H60N4O12S.C7H15NO5/c1-3-4-5-35(43)40(2)13-10-34(42)37-11-14-44-16-18-46-20-22-48-24-26-50-28-30-52-31-29-51-27-25-49-23-21-47-19-17-45-15-12-38-36(53)39-32-6-8-33(41)9-7-32;9-6-3-5(1-2-8(11)12)13-4-7(6)10/h3-9,41H,1,10-31H2,2H3,(H,37,42)(H2,38,39,53);5-7,9-12H,1-4H2/b5-4-;. The molecular formula is C43H75N5O17S. The van der Waals surface area contributed by atoms with E-state index in [0.29, 0.717) is 157 Å². The second-order valence-electron chi connectivity index (χ2n) is 14.1. The molecule has 3 unspecified atom stereocenters. The van der Waals surface area contributed by atoms with Crippen LogP contribution in [0.5, 0.6) is 5.75 Å². The molecule has 1 heterocycles. The maximum atomic E-state index is 11.9. The molecule has 1 fully saturated rings. The van der Waals surface area contributed by atoms with Crippen molar-refractivity contribution in [2.45, 2.75) is 37.6 Å². The minimum Gasteiger partial charge on any atom is -0.508 e. The van der Waals surface area contributed by atoms with E-state index < -0.39 is 12.2 Å². The zero-order chi connectivity index (χ0) is 48.3. The topological polar surface area (TPSA) is 270 Å². The summed E-state index contributed by atoms with van der Waals surface area (Å²) in [5, 5.41) is 53.9. The van der Waals surface area contributed by atoms with Crippen LogP contribution in [-0.2, 0) is 57.0 Å². The SMILES string of the molecule is C=C/C=C\C(=O)N(C)CCC(=O)NCCOCCOCCOCCOCCOCCOCCOCCOCCOCCNC(=S)Nc1ccc(O)cc1.OC1COC(CCN(O)O)CC1O. The van der Waals surface area contributed by atoms with Gasteiger partial charge in [0.05, 0.1) is 144 Å². The molecule has 0 aromatic heterocycles. The van der Waals surface area contributed by atoms with Crippen LogP contribution in [0.15, 0.2) is 49.1 Å². The number of likely N-dealkylation sites (N-methyl/N-ethyl adjacent to an activating group) is 1. The van der Waals surface area contributed by atoms with Crippen LogP contribution in [0.25, 0.3) is 0 Å². The van der Waals surface area contributed by atoms with Crippen LogP contribution in [-0.4, -0.2) is 230 Å². The molecule has 22 nitrogen and oxygen atoms in total. The molecule has 2 rings (SSSR count). The first kappa shape index (κ1) is 60.5. The number of nitrogens with zero attached hydrogens (tertiary/aromatic N) is 2. The first-order valence-electron chi connectivity index (χ1n) is 22.0. The zero-order valence-corrected chi connectivity index (χ0v) is 39.1. The molecule has 0 radical (unpaired) electrons. The highest BCUT2D eigenvalue weighted by atomic mass is 32.1. The number of aliphatic hydroxyl groups is 2. The molecule has 66 heavy (non-hydrogen) atoms. The second-order valence-corrected chi connectivity index (χ2v) is 14.5. The van der Waals surface area contributed by atoms with E-state index in [1.165, 1.54) is 17.1 Å². The van der Waals surface area contributed by atoms with Gasteiger partial charge in [0.2, 0.25) is 11.8 Å². The van der Waals surface area contributed by atoms with Crippen LogP contribution < -0.4 is 16.0 Å². The number of carbonyl (C=O) groups is 2. The second kappa shape index (κ2) is 42.9. The van der Waals surface area contributed by atoms with Gasteiger partial charge in [-0.25, -0.2) is 0 Å². The quantitative estimate of drug-likeness (QED) is 0.0112. The Morgan fingerprint density at radius 2 is 1.15 bits per heavy atom. The number of phenols is 1. The highest BCUT2D eigenvalue weighted by Crippen LogP contribution is 2.17. The highest BCUT2D eigenvalue weighted by molar-refractivity contribution is 7.80. The van der Waals surface area contributed by atoms with Gasteiger partial charge in [-0.3, -0.25) is 20.0 Å². The molecule has 1 aliphatic heterocycles. The number of rotatable bonds is 39. The van der Waals surface area contributed by atoms with Crippen molar-refractivity contribution in [2.75, 3.05) is 164 Å². The van der Waals surface area contributed by atoms with Crippen molar-refractivity contribution in [2.24, 2.45) is 0 Å². The zero-order valence-electron chi connectivity index (χ0n) is 38.3. The summed E-state index contributed by atoms with van der Waals surface area (Å²) in [5.74, 6) is -0.116. The third-order valence-corrected chi connectivity index (χ3v) is 8.98. The Hall–Kier alpha value is -3.47. The molecule has 8 N–H and O–H groups in total. The molecule has 3 atom stereocenters. The summed E-state index contributed by atoms with van der Waals surface area (Å²) in [5.41, 5.74) is 0.791. The van der Waals surface area contributed by atoms with Crippen molar-refractivity contribution in [3.05, 3.63) is 49.1 Å². The van der Waals surface area contributed by atoms with Crippen LogP contribution in [0.2, 0.25) is 0 Å². The number of carbonyl (C=O) groups excluding carboxylic acids is 2. The lowest BCUT2D eigenvalue weighted by Gasteiger charge is -2.30. The highest BCUT2D eigenvalue weighted by Gasteiger charge is 2.28. The Balaban J connectivity index is 0.00000143. The average molecular weight is 966 g/mol. The number of hydrogen-bond acceptors (Lipinski definition) is 19.